The van der Waals surface area contributed by atoms with Crippen LogP contribution in [-0.2, 0) is 25.7 Å². The van der Waals surface area contributed by atoms with Gasteiger partial charge in [0.05, 0.1) is 29.0 Å². The van der Waals surface area contributed by atoms with Crippen LogP contribution in [0.4, 0.5) is 5.69 Å². The molecule has 1 aliphatic heterocycles. The molecule has 0 aliphatic carbocycles. The molecule has 3 N–H and O–H groups in total. The SMILES string of the molecule is O=C(O)CCCCCC(=O)Nc1cccc([C@H]2O[C@@H](CSc3nc4ccccc4s3)C[C@@H](c3ccc(CO)cc3)O2)c1. The minimum atomic E-state index is -0.814. The molecule has 0 bridgehead atoms. The van der Waals surface area contributed by atoms with Crippen molar-refractivity contribution in [2.45, 2.75) is 68.0 Å². The normalized spacial score (nSPS) is 18.6. The number of aliphatic carboxylic acids is 1. The van der Waals surface area contributed by atoms with E-state index in [2.05, 4.69) is 11.4 Å². The van der Waals surface area contributed by atoms with E-state index in [1.54, 1.807) is 23.1 Å². The lowest BCUT2D eigenvalue weighted by molar-refractivity contribution is -0.245. The lowest BCUT2D eigenvalue weighted by Gasteiger charge is -2.36. The van der Waals surface area contributed by atoms with Crippen molar-refractivity contribution in [2.24, 2.45) is 0 Å². The number of benzene rings is 3. The van der Waals surface area contributed by atoms with Crippen molar-refractivity contribution in [3.63, 3.8) is 0 Å². The highest BCUT2D eigenvalue weighted by Crippen LogP contribution is 2.40. The Morgan fingerprint density at radius 2 is 1.76 bits per heavy atom. The fraction of sp³-hybridized carbons (Fsp3) is 0.344. The summed E-state index contributed by atoms with van der Waals surface area (Å²) in [5, 5.41) is 21.2. The molecule has 0 spiro atoms. The van der Waals surface area contributed by atoms with Gasteiger partial charge in [-0.1, -0.05) is 66.7 Å². The molecule has 5 rings (SSSR count). The topological polar surface area (TPSA) is 118 Å². The molecular weight excluding hydrogens is 572 g/mol. The van der Waals surface area contributed by atoms with Gasteiger partial charge in [-0.25, -0.2) is 4.98 Å². The predicted octanol–water partition coefficient (Wildman–Crippen LogP) is 7.10. The third-order valence-electron chi connectivity index (χ3n) is 7.02. The first-order valence-corrected chi connectivity index (χ1v) is 15.9. The first-order chi connectivity index (χ1) is 20.5. The average molecular weight is 607 g/mol. The van der Waals surface area contributed by atoms with Crippen LogP contribution < -0.4 is 5.32 Å². The zero-order valence-electron chi connectivity index (χ0n) is 23.1. The van der Waals surface area contributed by atoms with Crippen LogP contribution in [-0.4, -0.2) is 38.9 Å². The number of thioether (sulfide) groups is 1. The van der Waals surface area contributed by atoms with E-state index in [0.717, 1.165) is 31.2 Å². The number of carboxylic acid groups (broad SMARTS) is 1. The van der Waals surface area contributed by atoms with Crippen LogP contribution in [0.3, 0.4) is 0 Å². The molecule has 3 atom stereocenters. The number of carbonyl (C=O) groups excluding carboxylic acids is 1. The second-order valence-electron chi connectivity index (χ2n) is 10.2. The summed E-state index contributed by atoms with van der Waals surface area (Å²) >= 11 is 3.36. The van der Waals surface area contributed by atoms with Crippen LogP contribution in [0.1, 0.15) is 67.6 Å². The molecule has 1 aliphatic rings. The third kappa shape index (κ3) is 8.39. The molecule has 1 fully saturated rings. The summed E-state index contributed by atoms with van der Waals surface area (Å²) in [7, 11) is 0. The van der Waals surface area contributed by atoms with Crippen LogP contribution in [0.2, 0.25) is 0 Å². The zero-order valence-corrected chi connectivity index (χ0v) is 24.7. The molecule has 10 heteroatoms. The molecule has 2 heterocycles. The number of anilines is 1. The number of aliphatic hydroxyl groups is 1. The van der Waals surface area contributed by atoms with Crippen LogP contribution in [0, 0.1) is 0 Å². The molecule has 8 nitrogen and oxygen atoms in total. The number of aromatic nitrogens is 1. The maximum atomic E-state index is 12.5. The number of hydrogen-bond acceptors (Lipinski definition) is 8. The van der Waals surface area contributed by atoms with E-state index in [0.29, 0.717) is 43.5 Å². The van der Waals surface area contributed by atoms with E-state index in [-0.39, 0.29) is 31.1 Å². The maximum Gasteiger partial charge on any atom is 0.303 e. The summed E-state index contributed by atoms with van der Waals surface area (Å²) in [6.07, 6.45) is 2.08. The van der Waals surface area contributed by atoms with Gasteiger partial charge in [-0.15, -0.1) is 11.3 Å². The minimum absolute atomic E-state index is 0.0141. The number of nitrogens with zero attached hydrogens (tertiary/aromatic N) is 1. The summed E-state index contributed by atoms with van der Waals surface area (Å²) in [6.45, 7) is -0.0141. The number of rotatable bonds is 13. The molecule has 1 saturated heterocycles. The lowest BCUT2D eigenvalue weighted by atomic mass is 10.0. The lowest BCUT2D eigenvalue weighted by Crippen LogP contribution is -2.31. The van der Waals surface area contributed by atoms with Gasteiger partial charge in [0.1, 0.15) is 0 Å². The van der Waals surface area contributed by atoms with Gasteiger partial charge in [0.2, 0.25) is 5.91 Å². The van der Waals surface area contributed by atoms with Crippen molar-refractivity contribution in [1.82, 2.24) is 4.98 Å². The highest BCUT2D eigenvalue weighted by molar-refractivity contribution is 8.01. The summed E-state index contributed by atoms with van der Waals surface area (Å²) in [5.41, 5.74) is 4.32. The van der Waals surface area contributed by atoms with Crippen molar-refractivity contribution in [2.75, 3.05) is 11.1 Å². The third-order valence-corrected chi connectivity index (χ3v) is 9.33. The number of carboxylic acids is 1. The van der Waals surface area contributed by atoms with E-state index in [4.69, 9.17) is 19.6 Å². The Balaban J connectivity index is 1.26. The number of ether oxygens (including phenoxy) is 2. The number of nitrogens with one attached hydrogen (secondary N) is 1. The minimum Gasteiger partial charge on any atom is -0.481 e. The Labute approximate surface area is 253 Å². The smallest absolute Gasteiger partial charge is 0.303 e. The van der Waals surface area contributed by atoms with E-state index in [1.807, 2.05) is 66.7 Å². The molecule has 1 aromatic heterocycles. The summed E-state index contributed by atoms with van der Waals surface area (Å²) in [5.74, 6) is -0.214. The van der Waals surface area contributed by atoms with Crippen molar-refractivity contribution in [1.29, 1.82) is 0 Å². The van der Waals surface area contributed by atoms with E-state index in [9.17, 15) is 14.7 Å². The number of hydrogen-bond donors (Lipinski definition) is 3. The summed E-state index contributed by atoms with van der Waals surface area (Å²) in [4.78, 5) is 27.9. The van der Waals surface area contributed by atoms with Crippen LogP contribution in [0.25, 0.3) is 10.2 Å². The number of amides is 1. The van der Waals surface area contributed by atoms with Crippen molar-refractivity contribution in [3.05, 3.63) is 89.5 Å². The molecule has 220 valence electrons. The second-order valence-corrected chi connectivity index (χ2v) is 12.5. The fourth-order valence-electron chi connectivity index (χ4n) is 4.82. The predicted molar refractivity (Wildman–Crippen MR) is 165 cm³/mol. The Morgan fingerprint density at radius 3 is 2.55 bits per heavy atom. The Morgan fingerprint density at radius 1 is 0.952 bits per heavy atom. The zero-order chi connectivity index (χ0) is 29.3. The van der Waals surface area contributed by atoms with Gasteiger partial charge in [-0.2, -0.15) is 0 Å². The van der Waals surface area contributed by atoms with Gasteiger partial charge in [0, 0.05) is 36.3 Å². The number of carbonyl (C=O) groups is 2. The van der Waals surface area contributed by atoms with Crippen LogP contribution in [0.5, 0.6) is 0 Å². The van der Waals surface area contributed by atoms with E-state index in [1.165, 1.54) is 0 Å². The van der Waals surface area contributed by atoms with Gasteiger partial charge in [-0.05, 0) is 48.2 Å². The number of para-hydroxylation sites is 1. The molecular formula is C32H34N2O6S2. The van der Waals surface area contributed by atoms with E-state index >= 15 is 0 Å². The number of unbranched alkanes of at least 4 members (excludes halogenated alkanes) is 2. The Bertz CT molecular complexity index is 1460. The number of aliphatic hydroxyl groups excluding tert-OH is 1. The molecule has 1 amide bonds. The number of thiazole rings is 1. The second kappa shape index (κ2) is 14.8. The number of fused-ring (bicyclic) bond motifs is 1. The molecule has 4 aromatic rings. The van der Waals surface area contributed by atoms with Gasteiger partial charge < -0.3 is 25.0 Å². The maximum absolute atomic E-state index is 12.5. The molecule has 0 saturated carbocycles. The van der Waals surface area contributed by atoms with Crippen LogP contribution in [0.15, 0.2) is 77.1 Å². The van der Waals surface area contributed by atoms with Gasteiger partial charge in [0.25, 0.3) is 0 Å². The summed E-state index contributed by atoms with van der Waals surface area (Å²) in [6, 6.07) is 23.4. The molecule has 0 radical (unpaired) electrons. The largest absolute Gasteiger partial charge is 0.481 e. The average Bonchev–Trinajstić information content (AvgIpc) is 3.43. The van der Waals surface area contributed by atoms with Gasteiger partial charge in [0.15, 0.2) is 10.6 Å². The standard InChI is InChI=1S/C32H34N2O6S2/c35-19-21-13-15-22(16-14-21)27-18-25(20-41-32-34-26-9-4-5-10-28(26)42-32)39-31(40-27)23-7-6-8-24(17-23)33-29(36)11-2-1-3-12-30(37)38/h4-10,13-17,25,27,31,35H,1-3,11-12,18-20H2,(H,33,36)(H,37,38)/t25-,27+,31+/m1/s1. The monoisotopic (exact) mass is 606 g/mol. The molecule has 0 unspecified atom stereocenters. The van der Waals surface area contributed by atoms with Gasteiger partial charge in [-0.3, -0.25) is 9.59 Å². The molecule has 42 heavy (non-hydrogen) atoms. The highest BCUT2D eigenvalue weighted by atomic mass is 32.2. The highest BCUT2D eigenvalue weighted by Gasteiger charge is 2.32. The van der Waals surface area contributed by atoms with Gasteiger partial charge >= 0.3 is 5.97 Å². The van der Waals surface area contributed by atoms with Crippen molar-refractivity contribution in [3.8, 4) is 0 Å². The van der Waals surface area contributed by atoms with Crippen molar-refractivity contribution < 1.29 is 29.3 Å². The Hall–Kier alpha value is -3.28. The Kier molecular flexibility index (Phi) is 10.6. The van der Waals surface area contributed by atoms with Crippen molar-refractivity contribution >= 4 is 50.9 Å². The quantitative estimate of drug-likeness (QED) is 0.109. The first kappa shape index (κ1) is 30.2. The summed E-state index contributed by atoms with van der Waals surface area (Å²) < 4.78 is 15.1. The first-order valence-electron chi connectivity index (χ1n) is 14.1. The van der Waals surface area contributed by atoms with Crippen LogP contribution >= 0.6 is 23.1 Å². The molecule has 3 aromatic carbocycles. The van der Waals surface area contributed by atoms with E-state index < -0.39 is 12.3 Å². The fourth-order valence-corrected chi connectivity index (χ4v) is 6.94.